The lowest BCUT2D eigenvalue weighted by atomic mass is 10.00. The zero-order chi connectivity index (χ0) is 8.97. The van der Waals surface area contributed by atoms with Gasteiger partial charge in [-0.3, -0.25) is 0 Å². The van der Waals surface area contributed by atoms with Gasteiger partial charge in [0.2, 0.25) is 0 Å². The Labute approximate surface area is 73.2 Å². The fraction of sp³-hybridized carbons (Fsp3) is 0.889. The van der Waals surface area contributed by atoms with Crippen LogP contribution in [-0.4, -0.2) is 17.2 Å². The molecule has 1 rings (SSSR count). The van der Waals surface area contributed by atoms with Crippen molar-refractivity contribution in [3.8, 4) is 0 Å². The zero-order valence-corrected chi connectivity index (χ0v) is 7.55. The average molecular weight is 171 g/mol. The third-order valence-corrected chi connectivity index (χ3v) is 2.53. The number of nitrogens with one attached hydrogen (secondary N) is 1. The molecule has 0 aromatic carbocycles. The Morgan fingerprint density at radius 2 is 2.17 bits per heavy atom. The molecular formula is C9H17NO2. The van der Waals surface area contributed by atoms with Crippen LogP contribution in [0.4, 0.5) is 4.79 Å². The highest BCUT2D eigenvalue weighted by atomic mass is 16.4. The van der Waals surface area contributed by atoms with Crippen molar-refractivity contribution in [1.82, 2.24) is 5.32 Å². The Balaban J connectivity index is 2.16. The zero-order valence-electron chi connectivity index (χ0n) is 7.55. The minimum atomic E-state index is -0.902. The fourth-order valence-corrected chi connectivity index (χ4v) is 2.02. The van der Waals surface area contributed by atoms with Crippen LogP contribution < -0.4 is 5.32 Å². The Kier molecular flexibility index (Phi) is 3.38. The SMILES string of the molecule is CC(CC1CCCC1)NC(=O)O. The minimum absolute atomic E-state index is 0.116. The van der Waals surface area contributed by atoms with Crippen LogP contribution >= 0.6 is 0 Å². The predicted molar refractivity (Wildman–Crippen MR) is 47.2 cm³/mol. The van der Waals surface area contributed by atoms with E-state index in [1.54, 1.807) is 0 Å². The molecule has 70 valence electrons. The maximum absolute atomic E-state index is 10.3. The van der Waals surface area contributed by atoms with E-state index in [-0.39, 0.29) is 6.04 Å². The van der Waals surface area contributed by atoms with Crippen LogP contribution in [-0.2, 0) is 0 Å². The highest BCUT2D eigenvalue weighted by Crippen LogP contribution is 2.28. The van der Waals surface area contributed by atoms with Crippen molar-refractivity contribution in [2.24, 2.45) is 5.92 Å². The van der Waals surface area contributed by atoms with Gasteiger partial charge in [-0.25, -0.2) is 4.79 Å². The van der Waals surface area contributed by atoms with Gasteiger partial charge in [-0.2, -0.15) is 0 Å². The van der Waals surface area contributed by atoms with Crippen LogP contribution in [0.15, 0.2) is 0 Å². The summed E-state index contributed by atoms with van der Waals surface area (Å²) in [4.78, 5) is 10.3. The Hall–Kier alpha value is -0.730. The Morgan fingerprint density at radius 3 is 2.67 bits per heavy atom. The molecule has 0 aliphatic heterocycles. The lowest BCUT2D eigenvalue weighted by Gasteiger charge is -2.15. The third kappa shape index (κ3) is 3.11. The largest absolute Gasteiger partial charge is 0.465 e. The van der Waals surface area contributed by atoms with Gasteiger partial charge in [0, 0.05) is 6.04 Å². The quantitative estimate of drug-likeness (QED) is 0.684. The van der Waals surface area contributed by atoms with E-state index in [1.165, 1.54) is 25.7 Å². The number of carboxylic acid groups (broad SMARTS) is 1. The normalized spacial score (nSPS) is 20.8. The van der Waals surface area contributed by atoms with Gasteiger partial charge >= 0.3 is 6.09 Å². The van der Waals surface area contributed by atoms with E-state index in [0.29, 0.717) is 0 Å². The summed E-state index contributed by atoms with van der Waals surface area (Å²) in [6.45, 7) is 1.94. The first-order chi connectivity index (χ1) is 5.68. The number of rotatable bonds is 3. The highest BCUT2D eigenvalue weighted by Gasteiger charge is 2.18. The fourth-order valence-electron chi connectivity index (χ4n) is 2.02. The lowest BCUT2D eigenvalue weighted by Crippen LogP contribution is -2.32. The van der Waals surface area contributed by atoms with Gasteiger partial charge in [-0.1, -0.05) is 25.7 Å². The molecule has 0 radical (unpaired) electrons. The standard InChI is InChI=1S/C9H17NO2/c1-7(10-9(11)12)6-8-4-2-3-5-8/h7-8,10H,2-6H2,1H3,(H,11,12). The molecule has 1 atom stereocenters. The van der Waals surface area contributed by atoms with Gasteiger partial charge in [0.25, 0.3) is 0 Å². The smallest absolute Gasteiger partial charge is 0.404 e. The first-order valence-electron chi connectivity index (χ1n) is 4.68. The molecule has 3 heteroatoms. The average Bonchev–Trinajstić information content (AvgIpc) is 2.37. The second-order valence-corrected chi connectivity index (χ2v) is 3.74. The minimum Gasteiger partial charge on any atom is -0.465 e. The second kappa shape index (κ2) is 4.33. The molecular weight excluding hydrogens is 154 g/mol. The van der Waals surface area contributed by atoms with Crippen LogP contribution in [0.2, 0.25) is 0 Å². The van der Waals surface area contributed by atoms with Gasteiger partial charge in [0.05, 0.1) is 0 Å². The molecule has 0 spiro atoms. The summed E-state index contributed by atoms with van der Waals surface area (Å²) in [5.74, 6) is 0.756. The molecule has 0 saturated heterocycles. The van der Waals surface area contributed by atoms with Crippen molar-refractivity contribution in [3.05, 3.63) is 0 Å². The van der Waals surface area contributed by atoms with Crippen molar-refractivity contribution in [2.45, 2.75) is 45.1 Å². The van der Waals surface area contributed by atoms with Crippen LogP contribution in [0.3, 0.4) is 0 Å². The molecule has 2 N–H and O–H groups in total. The second-order valence-electron chi connectivity index (χ2n) is 3.74. The summed E-state index contributed by atoms with van der Waals surface area (Å²) >= 11 is 0. The van der Waals surface area contributed by atoms with E-state index >= 15 is 0 Å². The van der Waals surface area contributed by atoms with Crippen molar-refractivity contribution < 1.29 is 9.90 Å². The van der Waals surface area contributed by atoms with Crippen molar-refractivity contribution >= 4 is 6.09 Å². The molecule has 12 heavy (non-hydrogen) atoms. The Bertz CT molecular complexity index is 153. The topological polar surface area (TPSA) is 49.3 Å². The first kappa shape index (κ1) is 9.36. The van der Waals surface area contributed by atoms with Gasteiger partial charge in [-0.15, -0.1) is 0 Å². The summed E-state index contributed by atoms with van der Waals surface area (Å²) in [6, 6.07) is 0.116. The maximum Gasteiger partial charge on any atom is 0.404 e. The molecule has 0 bridgehead atoms. The van der Waals surface area contributed by atoms with Gasteiger partial charge < -0.3 is 10.4 Å². The van der Waals surface area contributed by atoms with Gasteiger partial charge in [-0.05, 0) is 19.3 Å². The molecule has 0 aromatic heterocycles. The van der Waals surface area contributed by atoms with E-state index < -0.39 is 6.09 Å². The molecule has 1 unspecified atom stereocenters. The molecule has 0 aromatic rings. The van der Waals surface area contributed by atoms with Crippen molar-refractivity contribution in [3.63, 3.8) is 0 Å². The number of hydrogen-bond donors (Lipinski definition) is 2. The van der Waals surface area contributed by atoms with E-state index in [9.17, 15) is 4.79 Å². The van der Waals surface area contributed by atoms with Gasteiger partial charge in [0.1, 0.15) is 0 Å². The van der Waals surface area contributed by atoms with E-state index in [4.69, 9.17) is 5.11 Å². The number of carbonyl (C=O) groups is 1. The summed E-state index contributed by atoms with van der Waals surface area (Å²) in [6.07, 6.45) is 5.32. The number of hydrogen-bond acceptors (Lipinski definition) is 1. The monoisotopic (exact) mass is 171 g/mol. The van der Waals surface area contributed by atoms with E-state index in [1.807, 2.05) is 6.92 Å². The molecule has 1 amide bonds. The Morgan fingerprint density at radius 1 is 1.58 bits per heavy atom. The number of amides is 1. The molecule has 0 heterocycles. The van der Waals surface area contributed by atoms with Crippen LogP contribution in [0.25, 0.3) is 0 Å². The molecule has 1 saturated carbocycles. The third-order valence-electron chi connectivity index (χ3n) is 2.53. The predicted octanol–water partition coefficient (Wildman–Crippen LogP) is 2.22. The highest BCUT2D eigenvalue weighted by molar-refractivity contribution is 5.64. The maximum atomic E-state index is 10.3. The van der Waals surface area contributed by atoms with E-state index in [0.717, 1.165) is 12.3 Å². The van der Waals surface area contributed by atoms with Crippen LogP contribution in [0.1, 0.15) is 39.0 Å². The molecule has 3 nitrogen and oxygen atoms in total. The van der Waals surface area contributed by atoms with Crippen LogP contribution in [0.5, 0.6) is 0 Å². The summed E-state index contributed by atoms with van der Waals surface area (Å²) < 4.78 is 0. The van der Waals surface area contributed by atoms with Crippen molar-refractivity contribution in [2.75, 3.05) is 0 Å². The first-order valence-corrected chi connectivity index (χ1v) is 4.68. The molecule has 1 aliphatic carbocycles. The van der Waals surface area contributed by atoms with E-state index in [2.05, 4.69) is 5.32 Å². The van der Waals surface area contributed by atoms with Crippen molar-refractivity contribution in [1.29, 1.82) is 0 Å². The lowest BCUT2D eigenvalue weighted by molar-refractivity contribution is 0.188. The molecule has 1 fully saturated rings. The summed E-state index contributed by atoms with van der Waals surface area (Å²) in [5.41, 5.74) is 0. The summed E-state index contributed by atoms with van der Waals surface area (Å²) in [5, 5.41) is 10.9. The summed E-state index contributed by atoms with van der Waals surface area (Å²) in [7, 11) is 0. The molecule has 1 aliphatic rings. The van der Waals surface area contributed by atoms with Crippen LogP contribution in [0, 0.1) is 5.92 Å². The van der Waals surface area contributed by atoms with Gasteiger partial charge in [0.15, 0.2) is 0 Å².